The molecule has 5 nitrogen and oxygen atoms in total. The molecule has 3 N–H and O–H groups in total. The zero-order chi connectivity index (χ0) is 9.42. The zero-order valence-electron chi connectivity index (χ0n) is 6.61. The number of carboxylic acids is 1. The second-order valence-electron chi connectivity index (χ2n) is 2.61. The van der Waals surface area contributed by atoms with Crippen LogP contribution in [0, 0.1) is 0 Å². The van der Waals surface area contributed by atoms with Crippen molar-refractivity contribution in [2.75, 3.05) is 12.5 Å². The van der Waals surface area contributed by atoms with Crippen LogP contribution in [0.5, 0.6) is 11.5 Å². The molecule has 0 amide bonds. The van der Waals surface area contributed by atoms with Crippen molar-refractivity contribution in [2.24, 2.45) is 0 Å². The lowest BCUT2D eigenvalue weighted by Gasteiger charge is -2.01. The van der Waals surface area contributed by atoms with E-state index in [1.807, 2.05) is 0 Å². The van der Waals surface area contributed by atoms with Crippen LogP contribution in [0.4, 0.5) is 5.69 Å². The number of nitrogens with two attached hydrogens (primary N) is 1. The predicted molar refractivity (Wildman–Crippen MR) is 43.9 cm³/mol. The van der Waals surface area contributed by atoms with Gasteiger partial charge in [-0.1, -0.05) is 0 Å². The molecule has 0 aliphatic carbocycles. The fourth-order valence-electron chi connectivity index (χ4n) is 1.19. The Hall–Kier alpha value is -1.91. The van der Waals surface area contributed by atoms with Gasteiger partial charge < -0.3 is 20.3 Å². The first-order valence-corrected chi connectivity index (χ1v) is 3.61. The summed E-state index contributed by atoms with van der Waals surface area (Å²) in [4.78, 5) is 10.7. The summed E-state index contributed by atoms with van der Waals surface area (Å²) in [6.45, 7) is 0.0407. The summed E-state index contributed by atoms with van der Waals surface area (Å²) >= 11 is 0. The van der Waals surface area contributed by atoms with E-state index in [-0.39, 0.29) is 18.1 Å². The minimum absolute atomic E-state index is 0.0347. The Labute approximate surface area is 73.7 Å². The number of fused-ring (bicyclic) bond motifs is 1. The van der Waals surface area contributed by atoms with Crippen molar-refractivity contribution in [2.45, 2.75) is 0 Å². The van der Waals surface area contributed by atoms with Crippen LogP contribution in [0.2, 0.25) is 0 Å². The Morgan fingerprint density at radius 3 is 2.92 bits per heavy atom. The van der Waals surface area contributed by atoms with Crippen molar-refractivity contribution in [3.8, 4) is 11.5 Å². The van der Waals surface area contributed by atoms with Gasteiger partial charge in [0.15, 0.2) is 11.5 Å². The largest absolute Gasteiger partial charge is 0.478 e. The molecule has 1 aliphatic heterocycles. The molecule has 5 heteroatoms. The van der Waals surface area contributed by atoms with E-state index < -0.39 is 5.97 Å². The average Bonchev–Trinajstić information content (AvgIpc) is 2.49. The Morgan fingerprint density at radius 1 is 1.46 bits per heavy atom. The highest BCUT2D eigenvalue weighted by Crippen LogP contribution is 2.37. The zero-order valence-corrected chi connectivity index (χ0v) is 6.61. The first-order valence-electron chi connectivity index (χ1n) is 3.61. The molecular weight excluding hydrogens is 174 g/mol. The molecule has 0 radical (unpaired) electrons. The number of rotatable bonds is 1. The minimum Gasteiger partial charge on any atom is -0.478 e. The summed E-state index contributed by atoms with van der Waals surface area (Å²) in [6, 6.07) is 2.88. The lowest BCUT2D eigenvalue weighted by atomic mass is 10.1. The lowest BCUT2D eigenvalue weighted by molar-refractivity contribution is 0.0692. The highest BCUT2D eigenvalue weighted by Gasteiger charge is 2.22. The fourth-order valence-corrected chi connectivity index (χ4v) is 1.19. The van der Waals surface area contributed by atoms with Gasteiger partial charge in [-0.3, -0.25) is 0 Å². The Balaban J connectivity index is 2.62. The number of carboxylic acid groups (broad SMARTS) is 1. The number of anilines is 1. The maximum atomic E-state index is 10.7. The van der Waals surface area contributed by atoms with Crippen LogP contribution < -0.4 is 15.2 Å². The summed E-state index contributed by atoms with van der Waals surface area (Å²) in [6.07, 6.45) is 0. The van der Waals surface area contributed by atoms with E-state index in [0.29, 0.717) is 11.4 Å². The van der Waals surface area contributed by atoms with Crippen molar-refractivity contribution in [3.05, 3.63) is 17.7 Å². The van der Waals surface area contributed by atoms with Gasteiger partial charge in [0.2, 0.25) is 6.79 Å². The number of ether oxygens (including phenoxy) is 2. The van der Waals surface area contributed by atoms with Crippen LogP contribution in [-0.4, -0.2) is 17.9 Å². The lowest BCUT2D eigenvalue weighted by Crippen LogP contribution is -2.00. The van der Waals surface area contributed by atoms with E-state index in [1.165, 1.54) is 12.1 Å². The van der Waals surface area contributed by atoms with Crippen LogP contribution in [0.3, 0.4) is 0 Å². The minimum atomic E-state index is -1.07. The highest BCUT2D eigenvalue weighted by molar-refractivity contribution is 5.93. The van der Waals surface area contributed by atoms with Gasteiger partial charge in [-0.25, -0.2) is 4.79 Å². The third-order valence-corrected chi connectivity index (χ3v) is 1.73. The van der Waals surface area contributed by atoms with Gasteiger partial charge in [0.25, 0.3) is 0 Å². The van der Waals surface area contributed by atoms with Crippen molar-refractivity contribution in [3.63, 3.8) is 0 Å². The van der Waals surface area contributed by atoms with Gasteiger partial charge in [0, 0.05) is 11.8 Å². The maximum absolute atomic E-state index is 10.7. The molecule has 0 atom stereocenters. The van der Waals surface area contributed by atoms with Crippen LogP contribution in [0.25, 0.3) is 0 Å². The normalized spacial score (nSPS) is 12.9. The Kier molecular flexibility index (Phi) is 1.51. The first-order chi connectivity index (χ1) is 6.18. The number of hydrogen-bond donors (Lipinski definition) is 2. The third-order valence-electron chi connectivity index (χ3n) is 1.73. The molecule has 0 saturated heterocycles. The van der Waals surface area contributed by atoms with E-state index in [1.54, 1.807) is 0 Å². The van der Waals surface area contributed by atoms with Crippen LogP contribution in [0.15, 0.2) is 12.1 Å². The molecule has 0 spiro atoms. The first kappa shape index (κ1) is 7.72. The molecule has 1 aliphatic rings. The van der Waals surface area contributed by atoms with Gasteiger partial charge in [-0.15, -0.1) is 0 Å². The summed E-state index contributed by atoms with van der Waals surface area (Å²) in [7, 11) is 0. The summed E-state index contributed by atoms with van der Waals surface area (Å²) < 4.78 is 9.99. The summed E-state index contributed by atoms with van der Waals surface area (Å²) in [5.74, 6) is -0.437. The molecule has 2 rings (SSSR count). The SMILES string of the molecule is Nc1cc2c(c(C(=O)O)c1)OCO2. The smallest absolute Gasteiger partial charge is 0.339 e. The van der Waals surface area contributed by atoms with Gasteiger partial charge in [0.05, 0.1) is 0 Å². The highest BCUT2D eigenvalue weighted by atomic mass is 16.7. The molecule has 68 valence electrons. The van der Waals surface area contributed by atoms with Crippen LogP contribution in [-0.2, 0) is 0 Å². The average molecular weight is 181 g/mol. The second-order valence-corrected chi connectivity index (χ2v) is 2.61. The van der Waals surface area contributed by atoms with E-state index in [9.17, 15) is 4.79 Å². The molecule has 0 saturated carbocycles. The van der Waals surface area contributed by atoms with Gasteiger partial charge >= 0.3 is 5.97 Å². The molecule has 0 aromatic heterocycles. The summed E-state index contributed by atoms with van der Waals surface area (Å²) in [5, 5.41) is 8.78. The van der Waals surface area contributed by atoms with Crippen molar-refractivity contribution in [1.82, 2.24) is 0 Å². The van der Waals surface area contributed by atoms with Crippen molar-refractivity contribution >= 4 is 11.7 Å². The molecular formula is C8H7NO4. The topological polar surface area (TPSA) is 81.8 Å². The van der Waals surface area contributed by atoms with Gasteiger partial charge in [-0.05, 0) is 6.07 Å². The molecule has 0 fully saturated rings. The van der Waals surface area contributed by atoms with E-state index in [2.05, 4.69) is 0 Å². The molecule has 13 heavy (non-hydrogen) atoms. The number of hydrogen-bond acceptors (Lipinski definition) is 4. The predicted octanol–water partition coefficient (Wildman–Crippen LogP) is 0.696. The second kappa shape index (κ2) is 2.55. The van der Waals surface area contributed by atoms with Crippen LogP contribution >= 0.6 is 0 Å². The number of carbonyl (C=O) groups is 1. The standard InChI is InChI=1S/C8H7NO4/c9-4-1-5(8(10)11)7-6(2-4)12-3-13-7/h1-2H,3,9H2,(H,10,11). The fraction of sp³-hybridized carbons (Fsp3) is 0.125. The molecule has 1 aromatic rings. The Bertz CT molecular complexity index is 375. The van der Waals surface area contributed by atoms with E-state index >= 15 is 0 Å². The monoisotopic (exact) mass is 181 g/mol. The quantitative estimate of drug-likeness (QED) is 0.623. The number of benzene rings is 1. The van der Waals surface area contributed by atoms with Crippen molar-refractivity contribution < 1.29 is 19.4 Å². The summed E-state index contributed by atoms with van der Waals surface area (Å²) in [5.41, 5.74) is 5.85. The van der Waals surface area contributed by atoms with Gasteiger partial charge in [0.1, 0.15) is 5.56 Å². The number of nitrogen functional groups attached to an aromatic ring is 1. The molecule has 0 bridgehead atoms. The maximum Gasteiger partial charge on any atom is 0.339 e. The van der Waals surface area contributed by atoms with Crippen LogP contribution in [0.1, 0.15) is 10.4 Å². The molecule has 0 unspecified atom stereocenters. The van der Waals surface area contributed by atoms with E-state index in [0.717, 1.165) is 0 Å². The third kappa shape index (κ3) is 1.14. The van der Waals surface area contributed by atoms with E-state index in [4.69, 9.17) is 20.3 Å². The number of aromatic carboxylic acids is 1. The Morgan fingerprint density at radius 2 is 2.23 bits per heavy atom. The molecule has 1 aromatic carbocycles. The molecule has 1 heterocycles. The van der Waals surface area contributed by atoms with Gasteiger partial charge in [-0.2, -0.15) is 0 Å². The van der Waals surface area contributed by atoms with Crippen molar-refractivity contribution in [1.29, 1.82) is 0 Å².